The summed E-state index contributed by atoms with van der Waals surface area (Å²) in [7, 11) is 1.83. The van der Waals surface area contributed by atoms with E-state index in [2.05, 4.69) is 0 Å². The zero-order valence-electron chi connectivity index (χ0n) is 15.8. The minimum Gasteiger partial charge on any atom is -0.339 e. The van der Waals surface area contributed by atoms with Crippen molar-refractivity contribution in [3.8, 4) is 0 Å². The van der Waals surface area contributed by atoms with Gasteiger partial charge in [0.05, 0.1) is 5.57 Å². The number of hydrogen-bond donors (Lipinski definition) is 0. The molecule has 0 saturated heterocycles. The van der Waals surface area contributed by atoms with Crippen molar-refractivity contribution in [2.24, 2.45) is 0 Å². The van der Waals surface area contributed by atoms with Gasteiger partial charge in [-0.15, -0.1) is 11.3 Å². The van der Waals surface area contributed by atoms with E-state index in [1.54, 1.807) is 4.90 Å². The maximum absolute atomic E-state index is 13.3. The third-order valence-electron chi connectivity index (χ3n) is 4.93. The van der Waals surface area contributed by atoms with E-state index in [9.17, 15) is 9.59 Å². The van der Waals surface area contributed by atoms with Gasteiger partial charge in [0.1, 0.15) is 5.70 Å². The Balaban J connectivity index is 1.65. The summed E-state index contributed by atoms with van der Waals surface area (Å²) in [6.07, 6.45) is 0.578. The van der Waals surface area contributed by atoms with Crippen LogP contribution in [-0.4, -0.2) is 30.3 Å². The lowest BCUT2D eigenvalue weighted by Crippen LogP contribution is -2.35. The molecule has 2 aromatic carbocycles. The van der Waals surface area contributed by atoms with Crippen molar-refractivity contribution >= 4 is 46.0 Å². The van der Waals surface area contributed by atoms with Crippen LogP contribution in [0.4, 0.5) is 5.69 Å². The summed E-state index contributed by atoms with van der Waals surface area (Å²) in [5, 5.41) is 2.58. The smallest absolute Gasteiger partial charge is 0.278 e. The second kappa shape index (κ2) is 8.23. The number of carbonyl (C=O) groups excluding carboxylic acids is 2. The second-order valence-corrected chi connectivity index (χ2v) is 8.12. The SMILES string of the molecule is CN(C1=C(c2cccs2)C(=O)N(CCc2ccc(Cl)cc2)C1=O)c1ccccc1. The van der Waals surface area contributed by atoms with E-state index in [4.69, 9.17) is 11.6 Å². The number of anilines is 1. The molecule has 6 heteroatoms. The van der Waals surface area contributed by atoms with Gasteiger partial charge in [0, 0.05) is 29.2 Å². The lowest BCUT2D eigenvalue weighted by Gasteiger charge is -2.21. The van der Waals surface area contributed by atoms with Crippen LogP contribution in [0, 0.1) is 0 Å². The maximum atomic E-state index is 13.3. The number of likely N-dealkylation sites (N-methyl/N-ethyl adjacent to an activating group) is 1. The largest absolute Gasteiger partial charge is 0.339 e. The molecular weight excluding hydrogens is 404 g/mol. The fourth-order valence-electron chi connectivity index (χ4n) is 3.39. The van der Waals surface area contributed by atoms with E-state index < -0.39 is 0 Å². The Morgan fingerprint density at radius 1 is 0.931 bits per heavy atom. The third kappa shape index (κ3) is 3.84. The molecule has 0 aliphatic carbocycles. The minimum atomic E-state index is -0.265. The van der Waals surface area contributed by atoms with Crippen molar-refractivity contribution in [3.05, 3.63) is 93.3 Å². The zero-order valence-corrected chi connectivity index (χ0v) is 17.4. The summed E-state index contributed by atoms with van der Waals surface area (Å²) < 4.78 is 0. The van der Waals surface area contributed by atoms with Crippen molar-refractivity contribution in [1.82, 2.24) is 4.90 Å². The van der Waals surface area contributed by atoms with Crippen molar-refractivity contribution < 1.29 is 9.59 Å². The molecule has 0 fully saturated rings. The van der Waals surface area contributed by atoms with Gasteiger partial charge >= 0.3 is 0 Å². The molecule has 0 saturated carbocycles. The molecule has 1 aliphatic rings. The topological polar surface area (TPSA) is 40.6 Å². The first-order chi connectivity index (χ1) is 14.1. The number of carbonyl (C=O) groups is 2. The summed E-state index contributed by atoms with van der Waals surface area (Å²) in [5.41, 5.74) is 2.77. The second-order valence-electron chi connectivity index (χ2n) is 6.73. The predicted octanol–water partition coefficient (Wildman–Crippen LogP) is 4.86. The lowest BCUT2D eigenvalue weighted by atomic mass is 10.1. The van der Waals surface area contributed by atoms with Crippen LogP contribution in [0.1, 0.15) is 10.4 Å². The maximum Gasteiger partial charge on any atom is 0.278 e. The van der Waals surface area contributed by atoms with Crippen molar-refractivity contribution in [2.75, 3.05) is 18.5 Å². The summed E-state index contributed by atoms with van der Waals surface area (Å²) in [6.45, 7) is 0.320. The van der Waals surface area contributed by atoms with Gasteiger partial charge in [-0.25, -0.2) is 0 Å². The molecule has 0 spiro atoms. The number of nitrogens with zero attached hydrogens (tertiary/aromatic N) is 2. The molecule has 3 aromatic rings. The molecule has 0 N–H and O–H groups in total. The summed E-state index contributed by atoms with van der Waals surface area (Å²) in [4.78, 5) is 30.5. The molecule has 0 bridgehead atoms. The number of rotatable bonds is 6. The Hall–Kier alpha value is -2.89. The van der Waals surface area contributed by atoms with Crippen molar-refractivity contribution in [2.45, 2.75) is 6.42 Å². The average Bonchev–Trinajstić information content (AvgIpc) is 3.34. The van der Waals surface area contributed by atoms with Crippen LogP contribution in [0.5, 0.6) is 0 Å². The molecule has 1 aliphatic heterocycles. The van der Waals surface area contributed by atoms with Gasteiger partial charge in [-0.1, -0.05) is 48.0 Å². The molecule has 4 nitrogen and oxygen atoms in total. The molecule has 4 rings (SSSR count). The third-order valence-corrected chi connectivity index (χ3v) is 6.07. The normalized spacial score (nSPS) is 14.1. The Kier molecular flexibility index (Phi) is 5.51. The van der Waals surface area contributed by atoms with Crippen LogP contribution in [0.25, 0.3) is 5.57 Å². The molecule has 29 heavy (non-hydrogen) atoms. The number of thiophene rings is 1. The Labute approximate surface area is 178 Å². The van der Waals surface area contributed by atoms with Crippen LogP contribution in [0.2, 0.25) is 5.02 Å². The zero-order chi connectivity index (χ0) is 20.4. The lowest BCUT2D eigenvalue weighted by molar-refractivity contribution is -0.136. The first-order valence-corrected chi connectivity index (χ1v) is 10.5. The highest BCUT2D eigenvalue weighted by Gasteiger charge is 2.41. The molecule has 2 heterocycles. The quantitative estimate of drug-likeness (QED) is 0.532. The van der Waals surface area contributed by atoms with Crippen LogP contribution < -0.4 is 4.90 Å². The van der Waals surface area contributed by atoms with Crippen LogP contribution in [0.15, 0.2) is 77.8 Å². The predicted molar refractivity (Wildman–Crippen MR) is 118 cm³/mol. The van der Waals surface area contributed by atoms with Gasteiger partial charge in [0.25, 0.3) is 11.8 Å². The van der Waals surface area contributed by atoms with Gasteiger partial charge in [0.2, 0.25) is 0 Å². The van der Waals surface area contributed by atoms with Gasteiger partial charge in [0.15, 0.2) is 0 Å². The standard InChI is InChI=1S/C23H19ClN2O2S/c1-25(18-6-3-2-4-7-18)21-20(19-8-5-15-29-19)22(27)26(23(21)28)14-13-16-9-11-17(24)12-10-16/h2-12,15H,13-14H2,1H3. The number of hydrogen-bond acceptors (Lipinski definition) is 4. The van der Waals surface area contributed by atoms with E-state index >= 15 is 0 Å². The monoisotopic (exact) mass is 422 g/mol. The number of para-hydroxylation sites is 1. The highest BCUT2D eigenvalue weighted by Crippen LogP contribution is 2.35. The van der Waals surface area contributed by atoms with E-state index in [1.165, 1.54) is 16.2 Å². The number of benzene rings is 2. The molecule has 2 amide bonds. The molecule has 1 aromatic heterocycles. The van der Waals surface area contributed by atoms with Crippen LogP contribution in [0.3, 0.4) is 0 Å². The number of halogens is 1. The number of amides is 2. The van der Waals surface area contributed by atoms with Gasteiger partial charge in [-0.2, -0.15) is 0 Å². The molecule has 0 atom stereocenters. The summed E-state index contributed by atoms with van der Waals surface area (Å²) in [6, 6.07) is 20.8. The molecule has 0 radical (unpaired) electrons. The van der Waals surface area contributed by atoms with Crippen LogP contribution in [-0.2, 0) is 16.0 Å². The fraction of sp³-hybridized carbons (Fsp3) is 0.130. The van der Waals surface area contributed by atoms with Gasteiger partial charge < -0.3 is 4.90 Å². The minimum absolute atomic E-state index is 0.246. The van der Waals surface area contributed by atoms with E-state index in [-0.39, 0.29) is 11.8 Å². The Morgan fingerprint density at radius 3 is 2.31 bits per heavy atom. The van der Waals surface area contributed by atoms with Gasteiger partial charge in [-0.05, 0) is 47.7 Å². The average molecular weight is 423 g/mol. The van der Waals surface area contributed by atoms with E-state index in [0.717, 1.165) is 16.1 Å². The van der Waals surface area contributed by atoms with Crippen molar-refractivity contribution in [3.63, 3.8) is 0 Å². The first kappa shape index (κ1) is 19.4. The van der Waals surface area contributed by atoms with Crippen LogP contribution >= 0.6 is 22.9 Å². The summed E-state index contributed by atoms with van der Waals surface area (Å²) >= 11 is 7.41. The fourth-order valence-corrected chi connectivity index (χ4v) is 4.28. The molecule has 146 valence electrons. The Bertz CT molecular complexity index is 1060. The van der Waals surface area contributed by atoms with Gasteiger partial charge in [-0.3, -0.25) is 14.5 Å². The Morgan fingerprint density at radius 2 is 1.66 bits per heavy atom. The van der Waals surface area contributed by atoms with Crippen molar-refractivity contribution in [1.29, 1.82) is 0 Å². The molecule has 0 unspecified atom stereocenters. The van der Waals surface area contributed by atoms with E-state index in [0.29, 0.717) is 29.3 Å². The highest BCUT2D eigenvalue weighted by atomic mass is 35.5. The highest BCUT2D eigenvalue weighted by molar-refractivity contribution is 7.11. The molecular formula is C23H19ClN2O2S. The number of imide groups is 1. The first-order valence-electron chi connectivity index (χ1n) is 9.24. The summed E-state index contributed by atoms with van der Waals surface area (Å²) in [5.74, 6) is -0.511. The van der Waals surface area contributed by atoms with E-state index in [1.807, 2.05) is 79.2 Å².